The van der Waals surface area contributed by atoms with Crippen molar-refractivity contribution in [2.24, 2.45) is 4.99 Å². The Labute approximate surface area is 149 Å². The van der Waals surface area contributed by atoms with Crippen molar-refractivity contribution in [3.8, 4) is 5.75 Å². The first kappa shape index (κ1) is 18.3. The summed E-state index contributed by atoms with van der Waals surface area (Å²) >= 11 is 1.85. The first-order chi connectivity index (χ1) is 11.6. The Kier molecular flexibility index (Phi) is 7.12. The summed E-state index contributed by atoms with van der Waals surface area (Å²) in [4.78, 5) is 7.07. The van der Waals surface area contributed by atoms with Gasteiger partial charge in [0.2, 0.25) is 0 Å². The van der Waals surface area contributed by atoms with Crippen molar-refractivity contribution in [3.63, 3.8) is 0 Å². The summed E-state index contributed by atoms with van der Waals surface area (Å²) in [5.41, 5.74) is 1.17. The van der Waals surface area contributed by atoms with Crippen LogP contribution in [-0.2, 0) is 13.0 Å². The number of aliphatic imine (C=N–C) groups is 1. The van der Waals surface area contributed by atoms with Crippen LogP contribution in [0.2, 0.25) is 0 Å². The van der Waals surface area contributed by atoms with Gasteiger partial charge in [-0.15, -0.1) is 11.3 Å². The summed E-state index contributed by atoms with van der Waals surface area (Å²) < 4.78 is 5.54. The molecule has 0 spiro atoms. The van der Waals surface area contributed by atoms with Gasteiger partial charge in [-0.05, 0) is 50.6 Å². The second-order valence-corrected chi connectivity index (χ2v) is 7.14. The fourth-order valence-electron chi connectivity index (χ4n) is 2.47. The van der Waals surface area contributed by atoms with Gasteiger partial charge in [0.15, 0.2) is 5.96 Å². The van der Waals surface area contributed by atoms with E-state index >= 15 is 0 Å². The molecule has 0 amide bonds. The van der Waals surface area contributed by atoms with Crippen LogP contribution in [-0.4, -0.2) is 25.7 Å². The number of nitrogens with one attached hydrogen (secondary N) is 2. The minimum atomic E-state index is 0.323. The van der Waals surface area contributed by atoms with Gasteiger partial charge in [0.25, 0.3) is 0 Å². The van der Waals surface area contributed by atoms with Crippen molar-refractivity contribution in [2.45, 2.75) is 39.8 Å². The van der Waals surface area contributed by atoms with Crippen LogP contribution in [0.1, 0.15) is 29.2 Å². The minimum Gasteiger partial charge on any atom is -0.494 e. The molecule has 1 atom stereocenters. The lowest BCUT2D eigenvalue weighted by Crippen LogP contribution is -2.42. The van der Waals surface area contributed by atoms with Crippen LogP contribution >= 0.6 is 11.3 Å². The van der Waals surface area contributed by atoms with Gasteiger partial charge in [0.1, 0.15) is 5.75 Å². The highest BCUT2D eigenvalue weighted by Crippen LogP contribution is 2.16. The van der Waals surface area contributed by atoms with Gasteiger partial charge in [0.05, 0.1) is 6.61 Å². The van der Waals surface area contributed by atoms with E-state index in [9.17, 15) is 0 Å². The van der Waals surface area contributed by atoms with E-state index < -0.39 is 0 Å². The second-order valence-electron chi connectivity index (χ2n) is 5.77. The largest absolute Gasteiger partial charge is 0.494 e. The molecule has 1 heterocycles. The lowest BCUT2D eigenvalue weighted by Gasteiger charge is -2.17. The fourth-order valence-corrected chi connectivity index (χ4v) is 3.49. The molecule has 1 aromatic carbocycles. The number of rotatable bonds is 7. The van der Waals surface area contributed by atoms with Gasteiger partial charge in [-0.25, -0.2) is 0 Å². The Morgan fingerprint density at radius 1 is 1.29 bits per heavy atom. The van der Waals surface area contributed by atoms with Crippen LogP contribution < -0.4 is 15.4 Å². The molecule has 1 unspecified atom stereocenters. The van der Waals surface area contributed by atoms with Crippen LogP contribution in [0.4, 0.5) is 0 Å². The minimum absolute atomic E-state index is 0.323. The van der Waals surface area contributed by atoms with Crippen LogP contribution in [0, 0.1) is 6.92 Å². The monoisotopic (exact) mass is 345 g/mol. The summed E-state index contributed by atoms with van der Waals surface area (Å²) in [6.45, 7) is 7.71. The van der Waals surface area contributed by atoms with E-state index in [0.717, 1.165) is 18.1 Å². The summed E-state index contributed by atoms with van der Waals surface area (Å²) in [6, 6.07) is 12.8. The number of hydrogen-bond donors (Lipinski definition) is 2. The van der Waals surface area contributed by atoms with E-state index in [4.69, 9.17) is 4.74 Å². The van der Waals surface area contributed by atoms with E-state index in [1.807, 2.05) is 30.4 Å². The van der Waals surface area contributed by atoms with Gasteiger partial charge in [-0.1, -0.05) is 12.1 Å². The molecule has 0 radical (unpaired) electrons. The molecule has 4 nitrogen and oxygen atoms in total. The highest BCUT2D eigenvalue weighted by molar-refractivity contribution is 7.11. The van der Waals surface area contributed by atoms with Crippen molar-refractivity contribution in [3.05, 3.63) is 51.7 Å². The molecule has 2 aromatic rings. The van der Waals surface area contributed by atoms with Crippen LogP contribution in [0.3, 0.4) is 0 Å². The number of thiophene rings is 1. The maximum absolute atomic E-state index is 5.54. The highest BCUT2D eigenvalue weighted by atomic mass is 32.1. The molecule has 0 aliphatic rings. The van der Waals surface area contributed by atoms with Crippen LogP contribution in [0.25, 0.3) is 0 Å². The molecule has 0 saturated heterocycles. The number of benzene rings is 1. The van der Waals surface area contributed by atoms with Crippen molar-refractivity contribution < 1.29 is 4.74 Å². The third-order valence-corrected chi connectivity index (χ3v) is 4.60. The number of guanidine groups is 1. The fraction of sp³-hybridized carbons (Fsp3) is 0.421. The molecule has 2 N–H and O–H groups in total. The molecule has 0 fully saturated rings. The van der Waals surface area contributed by atoms with E-state index in [1.165, 1.54) is 15.3 Å². The maximum atomic E-state index is 5.54. The summed E-state index contributed by atoms with van der Waals surface area (Å²) in [5.74, 6) is 1.72. The Morgan fingerprint density at radius 2 is 2.12 bits per heavy atom. The molecule has 0 saturated carbocycles. The van der Waals surface area contributed by atoms with Crippen molar-refractivity contribution in [1.29, 1.82) is 0 Å². The lowest BCUT2D eigenvalue weighted by molar-refractivity contribution is 0.340. The average Bonchev–Trinajstić information content (AvgIpc) is 2.97. The Morgan fingerprint density at radius 3 is 2.79 bits per heavy atom. The zero-order valence-corrected chi connectivity index (χ0v) is 15.7. The average molecular weight is 346 g/mol. The third kappa shape index (κ3) is 5.89. The lowest BCUT2D eigenvalue weighted by atomic mass is 10.2. The Hall–Kier alpha value is -2.01. The van der Waals surface area contributed by atoms with Gasteiger partial charge in [-0.3, -0.25) is 4.99 Å². The van der Waals surface area contributed by atoms with Gasteiger partial charge in [-0.2, -0.15) is 0 Å². The summed E-state index contributed by atoms with van der Waals surface area (Å²) in [7, 11) is 1.80. The zero-order valence-electron chi connectivity index (χ0n) is 14.9. The highest BCUT2D eigenvalue weighted by Gasteiger charge is 2.08. The molecule has 2 rings (SSSR count). The molecule has 0 bridgehead atoms. The standard InChI is InChI=1S/C19H27N3OS/c1-5-23-17-8-6-7-16(12-17)13-21-19(20-4)22-14(2)11-18-10-9-15(3)24-18/h6-10,12,14H,5,11,13H2,1-4H3,(H2,20,21,22). The molecule has 24 heavy (non-hydrogen) atoms. The van der Waals surface area contributed by atoms with Gasteiger partial charge in [0, 0.05) is 35.8 Å². The molecular formula is C19H27N3OS. The van der Waals surface area contributed by atoms with Crippen molar-refractivity contribution in [1.82, 2.24) is 10.6 Å². The number of ether oxygens (including phenoxy) is 1. The quantitative estimate of drug-likeness (QED) is 0.593. The van der Waals surface area contributed by atoms with E-state index in [1.54, 1.807) is 7.05 Å². The number of hydrogen-bond acceptors (Lipinski definition) is 3. The Bertz CT molecular complexity index is 666. The zero-order chi connectivity index (χ0) is 17.4. The van der Waals surface area contributed by atoms with Gasteiger partial charge < -0.3 is 15.4 Å². The molecule has 0 aliphatic heterocycles. The first-order valence-corrected chi connectivity index (χ1v) is 9.16. The molecule has 1 aromatic heterocycles. The first-order valence-electron chi connectivity index (χ1n) is 8.35. The third-order valence-electron chi connectivity index (χ3n) is 3.58. The van der Waals surface area contributed by atoms with E-state index in [-0.39, 0.29) is 0 Å². The predicted molar refractivity (Wildman–Crippen MR) is 103 cm³/mol. The molecule has 5 heteroatoms. The maximum Gasteiger partial charge on any atom is 0.191 e. The SMILES string of the molecule is CCOc1cccc(CNC(=NC)NC(C)Cc2ccc(C)s2)c1. The smallest absolute Gasteiger partial charge is 0.191 e. The normalized spacial score (nSPS) is 12.8. The number of aryl methyl sites for hydroxylation is 1. The van der Waals surface area contributed by atoms with Crippen molar-refractivity contribution in [2.75, 3.05) is 13.7 Å². The Balaban J connectivity index is 1.84. The number of nitrogens with zero attached hydrogens (tertiary/aromatic N) is 1. The van der Waals surface area contributed by atoms with E-state index in [0.29, 0.717) is 19.2 Å². The molecule has 0 aliphatic carbocycles. The molecule has 130 valence electrons. The van der Waals surface area contributed by atoms with Gasteiger partial charge >= 0.3 is 0 Å². The predicted octanol–water partition coefficient (Wildman–Crippen LogP) is 3.75. The van der Waals surface area contributed by atoms with Crippen LogP contribution in [0.15, 0.2) is 41.4 Å². The topological polar surface area (TPSA) is 45.6 Å². The molecular weight excluding hydrogens is 318 g/mol. The van der Waals surface area contributed by atoms with Crippen molar-refractivity contribution >= 4 is 17.3 Å². The van der Waals surface area contributed by atoms with Crippen LogP contribution in [0.5, 0.6) is 5.75 Å². The summed E-state index contributed by atoms with van der Waals surface area (Å²) in [6.07, 6.45) is 0.999. The van der Waals surface area contributed by atoms with E-state index in [2.05, 4.69) is 53.7 Å². The summed E-state index contributed by atoms with van der Waals surface area (Å²) in [5, 5.41) is 6.81. The second kappa shape index (κ2) is 9.33.